The molecule has 5 N–H and O–H groups in total. The lowest BCUT2D eigenvalue weighted by molar-refractivity contribution is -0.0317. The first-order valence-electron chi connectivity index (χ1n) is 5.81. The van der Waals surface area contributed by atoms with E-state index in [2.05, 4.69) is 5.32 Å². The van der Waals surface area contributed by atoms with E-state index < -0.39 is 25.1 Å². The number of ether oxygens (including phenoxy) is 1. The highest BCUT2D eigenvalue weighted by Gasteiger charge is 2.28. The second-order valence-electron chi connectivity index (χ2n) is 3.33. The quantitative estimate of drug-likeness (QED) is 0.769. The van der Waals surface area contributed by atoms with Gasteiger partial charge in [-0.1, -0.05) is 26.0 Å². The molecule has 0 aliphatic heterocycles. The lowest BCUT2D eigenvalue weighted by atomic mass is 10.3. The number of para-hydroxylation sites is 2. The van der Waals surface area contributed by atoms with Crippen LogP contribution in [0.3, 0.4) is 0 Å². The number of carbonyl (C=O) groups excluding carboxylic acids is 1. The molecule has 0 aliphatic carbocycles. The van der Waals surface area contributed by atoms with Gasteiger partial charge in [0, 0.05) is 0 Å². The Hall–Kier alpha value is -1.89. The Morgan fingerprint density at radius 2 is 1.95 bits per heavy atom. The minimum absolute atomic E-state index is 0.111. The van der Waals surface area contributed by atoms with Gasteiger partial charge in [0.25, 0.3) is 5.92 Å². The molecule has 0 heterocycles. The van der Waals surface area contributed by atoms with Crippen molar-refractivity contribution in [3.05, 3.63) is 24.3 Å². The molecule has 108 valence electrons. The first kappa shape index (κ1) is 17.1. The normalized spacial score (nSPS) is 10.2. The summed E-state index contributed by atoms with van der Waals surface area (Å²) in [6.45, 7) is 2.33. The molecule has 2 amide bonds. The molecule has 0 unspecified atom stereocenters. The Bertz CT molecular complexity index is 400. The number of hydrogen-bond acceptors (Lipinski definition) is 3. The molecule has 0 spiro atoms. The molecule has 1 rings (SSSR count). The van der Waals surface area contributed by atoms with Crippen LogP contribution in [0.25, 0.3) is 0 Å². The lowest BCUT2D eigenvalue weighted by Crippen LogP contribution is -2.34. The maximum absolute atomic E-state index is 12.9. The van der Waals surface area contributed by atoms with Crippen LogP contribution in [0.1, 0.15) is 13.8 Å². The summed E-state index contributed by atoms with van der Waals surface area (Å²) in [5.41, 5.74) is 10.0. The van der Waals surface area contributed by atoms with E-state index in [-0.39, 0.29) is 11.4 Å². The fourth-order valence-electron chi connectivity index (χ4n) is 1.07. The van der Waals surface area contributed by atoms with Crippen molar-refractivity contribution in [1.29, 1.82) is 0 Å². The van der Waals surface area contributed by atoms with Gasteiger partial charge in [0.05, 0.1) is 12.2 Å². The van der Waals surface area contributed by atoms with Gasteiger partial charge in [0.1, 0.15) is 5.75 Å². The van der Waals surface area contributed by atoms with E-state index in [1.54, 1.807) is 12.1 Å². The largest absolute Gasteiger partial charge is 0.485 e. The zero-order valence-electron chi connectivity index (χ0n) is 11.0. The van der Waals surface area contributed by atoms with Crippen molar-refractivity contribution in [2.75, 3.05) is 18.5 Å². The second-order valence-corrected chi connectivity index (χ2v) is 3.33. The van der Waals surface area contributed by atoms with Crippen LogP contribution >= 0.6 is 0 Å². The van der Waals surface area contributed by atoms with Gasteiger partial charge in [-0.25, -0.2) is 13.6 Å². The Balaban J connectivity index is 0.00000154. The molecule has 0 radical (unpaired) electrons. The Morgan fingerprint density at radius 1 is 1.37 bits per heavy atom. The molecule has 0 atom stereocenters. The Morgan fingerprint density at radius 3 is 2.47 bits per heavy atom. The number of carbonyl (C=O) groups is 1. The van der Waals surface area contributed by atoms with Crippen molar-refractivity contribution in [3.8, 4) is 5.75 Å². The van der Waals surface area contributed by atoms with Gasteiger partial charge in [-0.15, -0.1) is 0 Å². The summed E-state index contributed by atoms with van der Waals surface area (Å²) < 4.78 is 30.6. The van der Waals surface area contributed by atoms with E-state index in [0.717, 1.165) is 0 Å². The minimum atomic E-state index is -3.11. The predicted octanol–water partition coefficient (Wildman–Crippen LogP) is 2.18. The molecule has 1 aromatic rings. The lowest BCUT2D eigenvalue weighted by Gasteiger charge is -2.16. The highest BCUT2D eigenvalue weighted by Crippen LogP contribution is 2.25. The predicted molar refractivity (Wildman–Crippen MR) is 70.5 cm³/mol. The van der Waals surface area contributed by atoms with E-state index in [4.69, 9.17) is 16.2 Å². The number of nitrogens with one attached hydrogen (secondary N) is 1. The van der Waals surface area contributed by atoms with Crippen molar-refractivity contribution in [2.24, 2.45) is 11.5 Å². The Labute approximate surface area is 110 Å². The molecular formula is C12H19F2N3O2. The third-order valence-corrected chi connectivity index (χ3v) is 1.88. The van der Waals surface area contributed by atoms with Gasteiger partial charge in [-0.05, 0) is 12.1 Å². The van der Waals surface area contributed by atoms with Crippen LogP contribution in [-0.4, -0.2) is 25.1 Å². The molecule has 5 nitrogen and oxygen atoms in total. The van der Waals surface area contributed by atoms with E-state index in [9.17, 15) is 13.6 Å². The molecule has 0 fully saturated rings. The van der Waals surface area contributed by atoms with Gasteiger partial charge in [-0.3, -0.25) is 0 Å². The summed E-state index contributed by atoms with van der Waals surface area (Å²) in [4.78, 5) is 10.7. The number of halogens is 2. The average Bonchev–Trinajstić information content (AvgIpc) is 2.39. The van der Waals surface area contributed by atoms with Crippen LogP contribution in [0.2, 0.25) is 0 Å². The van der Waals surface area contributed by atoms with E-state index >= 15 is 0 Å². The number of hydrogen-bond donors (Lipinski definition) is 3. The standard InChI is InChI=1S/C10H13F2N3O2.C2H6/c11-10(12,5-13)6-17-8-4-2-1-3-7(8)15-9(14)16;1-2/h1-4H,5-6,13H2,(H3,14,15,16);1-2H3. The van der Waals surface area contributed by atoms with Gasteiger partial charge in [-0.2, -0.15) is 0 Å². The summed E-state index contributed by atoms with van der Waals surface area (Å²) >= 11 is 0. The van der Waals surface area contributed by atoms with Crippen molar-refractivity contribution in [1.82, 2.24) is 0 Å². The zero-order valence-corrected chi connectivity index (χ0v) is 11.0. The van der Waals surface area contributed by atoms with Crippen molar-refractivity contribution < 1.29 is 18.3 Å². The number of rotatable bonds is 5. The molecule has 1 aromatic carbocycles. The monoisotopic (exact) mass is 275 g/mol. The molecule has 19 heavy (non-hydrogen) atoms. The first-order chi connectivity index (χ1) is 8.94. The van der Waals surface area contributed by atoms with Gasteiger partial charge >= 0.3 is 6.03 Å². The van der Waals surface area contributed by atoms with Crippen LogP contribution in [0.4, 0.5) is 19.3 Å². The molecule has 7 heteroatoms. The van der Waals surface area contributed by atoms with Gasteiger partial charge in [0.2, 0.25) is 0 Å². The number of anilines is 1. The van der Waals surface area contributed by atoms with Crippen molar-refractivity contribution in [2.45, 2.75) is 19.8 Å². The van der Waals surface area contributed by atoms with Crippen molar-refractivity contribution >= 4 is 11.7 Å². The fourth-order valence-corrected chi connectivity index (χ4v) is 1.07. The third kappa shape index (κ3) is 6.56. The van der Waals surface area contributed by atoms with E-state index in [1.807, 2.05) is 13.8 Å². The van der Waals surface area contributed by atoms with Crippen molar-refractivity contribution in [3.63, 3.8) is 0 Å². The topological polar surface area (TPSA) is 90.4 Å². The molecule has 0 aromatic heterocycles. The summed E-state index contributed by atoms with van der Waals surface area (Å²) in [7, 11) is 0. The molecule has 0 bridgehead atoms. The number of nitrogens with two attached hydrogens (primary N) is 2. The molecule has 0 saturated carbocycles. The van der Waals surface area contributed by atoms with Crippen LogP contribution in [-0.2, 0) is 0 Å². The number of primary amides is 1. The number of amides is 2. The maximum atomic E-state index is 12.9. The highest BCUT2D eigenvalue weighted by molar-refractivity contribution is 5.89. The summed E-state index contributed by atoms with van der Waals surface area (Å²) in [6, 6.07) is 5.33. The summed E-state index contributed by atoms with van der Waals surface area (Å²) in [6.07, 6.45) is 0. The fraction of sp³-hybridized carbons (Fsp3) is 0.417. The van der Waals surface area contributed by atoms with E-state index in [1.165, 1.54) is 12.1 Å². The van der Waals surface area contributed by atoms with E-state index in [0.29, 0.717) is 0 Å². The smallest absolute Gasteiger partial charge is 0.316 e. The van der Waals surface area contributed by atoms with Crippen LogP contribution in [0, 0.1) is 0 Å². The second kappa shape index (κ2) is 8.25. The first-order valence-corrected chi connectivity index (χ1v) is 5.81. The maximum Gasteiger partial charge on any atom is 0.316 e. The molecular weight excluding hydrogens is 256 g/mol. The molecule has 0 aliphatic rings. The van der Waals surface area contributed by atoms with Crippen LogP contribution in [0.5, 0.6) is 5.75 Å². The Kier molecular flexibility index (Phi) is 7.43. The average molecular weight is 275 g/mol. The number of benzene rings is 1. The third-order valence-electron chi connectivity index (χ3n) is 1.88. The minimum Gasteiger partial charge on any atom is -0.485 e. The summed E-state index contributed by atoms with van der Waals surface area (Å²) in [5, 5.41) is 2.27. The highest BCUT2D eigenvalue weighted by atomic mass is 19.3. The molecule has 0 saturated heterocycles. The SMILES string of the molecule is CC.NCC(F)(F)COc1ccccc1NC(N)=O. The number of urea groups is 1. The van der Waals surface area contributed by atoms with Gasteiger partial charge in [0.15, 0.2) is 6.61 Å². The van der Waals surface area contributed by atoms with Gasteiger partial charge < -0.3 is 21.5 Å². The number of alkyl halides is 2. The zero-order chi connectivity index (χ0) is 14.9. The van der Waals surface area contributed by atoms with Crippen LogP contribution in [0.15, 0.2) is 24.3 Å². The summed E-state index contributed by atoms with van der Waals surface area (Å²) in [5.74, 6) is -3.00. The van der Waals surface area contributed by atoms with Crippen LogP contribution < -0.4 is 21.5 Å².